The largest absolute Gasteiger partial charge is 0.460 e. The van der Waals surface area contributed by atoms with E-state index >= 15 is 0 Å². The molecule has 5 aliphatic rings. The molecule has 70 heavy (non-hydrogen) atoms. The van der Waals surface area contributed by atoms with Crippen LogP contribution in [0.5, 0.6) is 0 Å². The molecule has 0 saturated carbocycles. The predicted molar refractivity (Wildman–Crippen MR) is 290 cm³/mol. The van der Waals surface area contributed by atoms with Crippen molar-refractivity contribution in [3.63, 3.8) is 0 Å². The minimum Gasteiger partial charge on any atom is -0.460 e. The highest BCUT2D eigenvalue weighted by atomic mass is 127. The van der Waals surface area contributed by atoms with E-state index < -0.39 is 19.7 Å². The van der Waals surface area contributed by atoms with E-state index in [2.05, 4.69) is 145 Å². The van der Waals surface area contributed by atoms with Crippen LogP contribution in [-0.2, 0) is 51.9 Å². The minimum atomic E-state index is -2.07. The van der Waals surface area contributed by atoms with Gasteiger partial charge in [-0.1, -0.05) is 125 Å². The third kappa shape index (κ3) is 17.8. The van der Waals surface area contributed by atoms with Crippen molar-refractivity contribution in [1.29, 1.82) is 0 Å². The van der Waals surface area contributed by atoms with E-state index in [-0.39, 0.29) is 103 Å². The maximum atomic E-state index is 12.2. The van der Waals surface area contributed by atoms with Gasteiger partial charge in [0.05, 0.1) is 48.8 Å². The summed E-state index contributed by atoms with van der Waals surface area (Å²) in [5, 5.41) is 0.0783. The second-order valence-electron chi connectivity index (χ2n) is 23.6. The molecule has 0 radical (unpaired) electrons. The number of hydrogen-bond donors (Lipinski definition) is 0. The van der Waals surface area contributed by atoms with E-state index in [1.807, 2.05) is 38.7 Å². The average Bonchev–Trinajstić information content (AvgIpc) is 3.78. The van der Waals surface area contributed by atoms with Crippen LogP contribution >= 0.6 is 22.6 Å². The molecule has 0 spiro atoms. The van der Waals surface area contributed by atoms with Crippen molar-refractivity contribution in [2.75, 3.05) is 13.9 Å². The highest BCUT2D eigenvalue weighted by Gasteiger charge is 2.50. The third-order valence-corrected chi connectivity index (χ3v) is 19.8. The summed E-state index contributed by atoms with van der Waals surface area (Å²) in [6.07, 6.45) is 29.4. The molecule has 398 valence electrons. The van der Waals surface area contributed by atoms with E-state index in [0.29, 0.717) is 18.8 Å². The smallest absolute Gasteiger partial charge is 0.306 e. The summed E-state index contributed by atoms with van der Waals surface area (Å²) in [7, 11) is -0.408. The van der Waals surface area contributed by atoms with Crippen LogP contribution in [0, 0.1) is 17.8 Å². The summed E-state index contributed by atoms with van der Waals surface area (Å²) in [4.78, 5) is 12.2. The van der Waals surface area contributed by atoms with Crippen LogP contribution in [0.25, 0.3) is 0 Å². The molecule has 4 saturated heterocycles. The van der Waals surface area contributed by atoms with Crippen molar-refractivity contribution < 1.29 is 51.9 Å². The second kappa shape index (κ2) is 26.8. The lowest BCUT2D eigenvalue weighted by Gasteiger charge is -2.42. The monoisotopic (exact) mass is 1110 g/mol. The molecule has 0 aromatic carbocycles. The quantitative estimate of drug-likeness (QED) is 0.0244. The van der Waals surface area contributed by atoms with Crippen molar-refractivity contribution in [3.05, 3.63) is 70.4 Å². The summed E-state index contributed by atoms with van der Waals surface area (Å²) >= 11 is 2.25. The van der Waals surface area contributed by atoms with Gasteiger partial charge in [0.25, 0.3) is 0 Å². The number of allylic oxidation sites excluding steroid dienone is 3. The standard InChI is InChI=1S/C57H93IO11Si/c1-38(24-21-22-29-52(59)67-55(5,6)7)34-39(2)53-47(69-70(14,15)56(8,9)10)31-30-42(62-53)25-19-17-16-18-20-26-46-54(68-57(11,12)66-46)51-35-48(61-37-60-13)40(3)43(64-51)27-23-28-44-41(4)49-36-50(63-44)45(65-49)32-33-58/h17,19-20,23,26,28,30-34,38,40-51,53-54H,16,18,21-22,24-25,27,29,35-37H2,1-15H3/b19-17+,26-20+,28-23+,33-32+,39-34+/t38-,40+,41+,42+,43-,44+,45-,46+,47+,48+,49-,50-,51-,53+,54+/m1/s1. The maximum Gasteiger partial charge on any atom is 0.306 e. The van der Waals surface area contributed by atoms with Crippen molar-refractivity contribution in [1.82, 2.24) is 0 Å². The number of fused-ring (bicyclic) bond motifs is 2. The van der Waals surface area contributed by atoms with Crippen LogP contribution in [0.15, 0.2) is 70.4 Å². The Balaban J connectivity index is 1.16. The highest BCUT2D eigenvalue weighted by Crippen LogP contribution is 2.42. The van der Waals surface area contributed by atoms with Gasteiger partial charge in [-0.05, 0) is 120 Å². The number of rotatable bonds is 23. The Hall–Kier alpha value is -1.50. The molecule has 5 heterocycles. The number of halogens is 1. The van der Waals surface area contributed by atoms with Gasteiger partial charge in [-0.2, -0.15) is 0 Å². The van der Waals surface area contributed by atoms with Gasteiger partial charge in [-0.25, -0.2) is 0 Å². The topological polar surface area (TPSA) is 109 Å². The normalized spacial score (nSPS) is 34.7. The van der Waals surface area contributed by atoms with Crippen LogP contribution in [-0.4, -0.2) is 113 Å². The zero-order valence-corrected chi connectivity index (χ0v) is 48.8. The Kier molecular flexibility index (Phi) is 22.7. The summed E-state index contributed by atoms with van der Waals surface area (Å²) in [6, 6.07) is 0. The number of carbonyl (C=O) groups excluding carboxylic acids is 1. The van der Waals surface area contributed by atoms with Gasteiger partial charge in [0.2, 0.25) is 0 Å². The molecular formula is C57H93IO11Si. The molecule has 0 unspecified atom stereocenters. The van der Waals surface area contributed by atoms with Crippen LogP contribution in [0.4, 0.5) is 0 Å². The van der Waals surface area contributed by atoms with Gasteiger partial charge >= 0.3 is 5.97 Å². The molecule has 11 nitrogen and oxygen atoms in total. The number of methoxy groups -OCH3 is 1. The van der Waals surface area contributed by atoms with Crippen molar-refractivity contribution in [2.24, 2.45) is 17.8 Å². The molecule has 0 aromatic heterocycles. The van der Waals surface area contributed by atoms with Gasteiger partial charge < -0.3 is 47.1 Å². The van der Waals surface area contributed by atoms with E-state index in [1.165, 1.54) is 5.57 Å². The fraction of sp³-hybridized carbons (Fsp3) is 0.772. The van der Waals surface area contributed by atoms with Crippen LogP contribution in [0.2, 0.25) is 18.1 Å². The van der Waals surface area contributed by atoms with Gasteiger partial charge in [0.15, 0.2) is 14.1 Å². The zero-order valence-electron chi connectivity index (χ0n) is 45.7. The molecule has 5 rings (SSSR count). The molecule has 0 N–H and O–H groups in total. The van der Waals surface area contributed by atoms with Gasteiger partial charge in [-0.15, -0.1) is 0 Å². The first-order valence-corrected chi connectivity index (χ1v) is 30.6. The van der Waals surface area contributed by atoms with E-state index in [1.54, 1.807) is 7.11 Å². The summed E-state index contributed by atoms with van der Waals surface area (Å²) in [6.45, 7) is 30.3. The molecule has 5 aliphatic heterocycles. The lowest BCUT2D eigenvalue weighted by Crippen LogP contribution is -2.50. The van der Waals surface area contributed by atoms with E-state index in [0.717, 1.165) is 51.4 Å². The SMILES string of the molecule is COCO[C@H]1C[C@H]([C@H]2OC(C)(C)O[C@H]2/C=C/CC/C=C/C[C@H]2C=C[C@H](O[Si](C)(C)C(C)(C)C)[C@H](/C(C)=C/[C@H](C)CCCCC(=O)OC(C)(C)C)O2)O[C@H](C/C=C/[C@@H]2O[C@@H]3C[C@@H](O[C@@H]3/C=C/I)[C@H]2C)[C@@H]1C. The molecule has 0 amide bonds. The average molecular weight is 1110 g/mol. The first-order valence-electron chi connectivity index (χ1n) is 26.5. The van der Waals surface area contributed by atoms with E-state index in [4.69, 9.17) is 47.1 Å². The van der Waals surface area contributed by atoms with Gasteiger partial charge in [-0.3, -0.25) is 4.79 Å². The van der Waals surface area contributed by atoms with Crippen molar-refractivity contribution in [3.8, 4) is 0 Å². The van der Waals surface area contributed by atoms with Crippen LogP contribution < -0.4 is 0 Å². The lowest BCUT2D eigenvalue weighted by atomic mass is 9.85. The molecule has 2 bridgehead atoms. The summed E-state index contributed by atoms with van der Waals surface area (Å²) < 4.78 is 65.9. The molecular weight excluding hydrogens is 1020 g/mol. The van der Waals surface area contributed by atoms with Crippen LogP contribution in [0.3, 0.4) is 0 Å². The fourth-order valence-corrected chi connectivity index (χ4v) is 11.7. The van der Waals surface area contributed by atoms with Crippen LogP contribution in [0.1, 0.15) is 147 Å². The zero-order chi connectivity index (χ0) is 51.4. The Bertz CT molecular complexity index is 1810. The Morgan fingerprint density at radius 3 is 2.24 bits per heavy atom. The lowest BCUT2D eigenvalue weighted by molar-refractivity contribution is -0.210. The highest BCUT2D eigenvalue weighted by molar-refractivity contribution is 14.1. The molecule has 15 atom stereocenters. The summed E-state index contributed by atoms with van der Waals surface area (Å²) in [5.41, 5.74) is 0.750. The number of unbranched alkanes of at least 4 members (excludes halogenated alkanes) is 2. The molecule has 0 aromatic rings. The minimum absolute atomic E-state index is 0.00112. The first kappa shape index (κ1) is 59.4. The fourth-order valence-electron chi connectivity index (χ4n) is 10.0. The second-order valence-corrected chi connectivity index (χ2v) is 29.1. The number of ether oxygens (including phenoxy) is 9. The molecule has 4 fully saturated rings. The number of esters is 1. The first-order chi connectivity index (χ1) is 32.9. The molecule has 13 heteroatoms. The van der Waals surface area contributed by atoms with E-state index in [9.17, 15) is 4.79 Å². The number of hydrogen-bond acceptors (Lipinski definition) is 11. The molecule has 0 aliphatic carbocycles. The number of carbonyl (C=O) groups is 1. The van der Waals surface area contributed by atoms with Crippen molar-refractivity contribution in [2.45, 2.75) is 250 Å². The van der Waals surface area contributed by atoms with Crippen molar-refractivity contribution >= 4 is 36.9 Å². The Morgan fingerprint density at radius 2 is 1.54 bits per heavy atom. The predicted octanol–water partition coefficient (Wildman–Crippen LogP) is 13.2. The van der Waals surface area contributed by atoms with Gasteiger partial charge in [0.1, 0.15) is 36.8 Å². The Labute approximate surface area is 438 Å². The maximum absolute atomic E-state index is 12.2. The van der Waals surface area contributed by atoms with Gasteiger partial charge in [0, 0.05) is 38.2 Å². The Morgan fingerprint density at radius 1 is 0.829 bits per heavy atom. The summed E-state index contributed by atoms with van der Waals surface area (Å²) in [5.74, 6) is -0.104. The third-order valence-electron chi connectivity index (χ3n) is 14.9.